The third-order valence-corrected chi connectivity index (χ3v) is 5.45. The maximum Gasteiger partial charge on any atom is 0.287 e. The average molecular weight is 412 g/mol. The van der Waals surface area contributed by atoms with Gasteiger partial charge in [0.1, 0.15) is 0 Å². The number of furan rings is 1. The van der Waals surface area contributed by atoms with Crippen molar-refractivity contribution in [2.24, 2.45) is 4.99 Å². The van der Waals surface area contributed by atoms with E-state index in [4.69, 9.17) is 4.42 Å². The highest BCUT2D eigenvalue weighted by Gasteiger charge is 2.23. The predicted octanol–water partition coefficient (Wildman–Crippen LogP) is 2.71. The molecule has 2 heterocycles. The normalized spacial score (nSPS) is 15.7. The summed E-state index contributed by atoms with van der Waals surface area (Å²) in [7, 11) is 1.78. The number of amides is 1. The Bertz CT molecular complexity index is 812. The Morgan fingerprint density at radius 3 is 2.50 bits per heavy atom. The van der Waals surface area contributed by atoms with Crippen molar-refractivity contribution in [2.75, 3.05) is 39.8 Å². The molecule has 30 heavy (non-hydrogen) atoms. The van der Waals surface area contributed by atoms with Crippen LogP contribution in [-0.4, -0.2) is 56.5 Å². The zero-order chi connectivity index (χ0) is 21.2. The van der Waals surface area contributed by atoms with Crippen molar-refractivity contribution in [2.45, 2.75) is 32.2 Å². The second-order valence-electron chi connectivity index (χ2n) is 7.59. The number of nitrogens with one attached hydrogen (secondary N) is 3. The molecule has 1 fully saturated rings. The number of hydrogen-bond donors (Lipinski definition) is 3. The first-order chi connectivity index (χ1) is 14.7. The Morgan fingerprint density at radius 2 is 1.83 bits per heavy atom. The number of nitrogens with zero attached hydrogens (tertiary/aromatic N) is 2. The van der Waals surface area contributed by atoms with E-state index in [1.807, 2.05) is 6.92 Å². The van der Waals surface area contributed by atoms with Crippen molar-refractivity contribution >= 4 is 11.9 Å². The van der Waals surface area contributed by atoms with Crippen molar-refractivity contribution in [1.82, 2.24) is 20.9 Å². The minimum Gasteiger partial charge on any atom is -0.459 e. The maximum absolute atomic E-state index is 12.1. The van der Waals surface area contributed by atoms with Crippen LogP contribution < -0.4 is 16.0 Å². The second kappa shape index (κ2) is 11.4. The summed E-state index contributed by atoms with van der Waals surface area (Å²) in [6.07, 6.45) is 4.85. The molecular weight excluding hydrogens is 378 g/mol. The van der Waals surface area contributed by atoms with E-state index in [-0.39, 0.29) is 5.91 Å². The largest absolute Gasteiger partial charge is 0.459 e. The molecule has 0 radical (unpaired) electrons. The first kappa shape index (κ1) is 21.9. The van der Waals surface area contributed by atoms with Gasteiger partial charge in [-0.15, -0.1) is 0 Å². The van der Waals surface area contributed by atoms with Crippen molar-refractivity contribution in [1.29, 1.82) is 0 Å². The van der Waals surface area contributed by atoms with Gasteiger partial charge in [0.2, 0.25) is 0 Å². The summed E-state index contributed by atoms with van der Waals surface area (Å²) in [4.78, 5) is 18.9. The lowest BCUT2D eigenvalue weighted by Gasteiger charge is -2.29. The van der Waals surface area contributed by atoms with E-state index < -0.39 is 0 Å². The van der Waals surface area contributed by atoms with Crippen LogP contribution in [0.5, 0.6) is 0 Å². The van der Waals surface area contributed by atoms with Crippen LogP contribution in [-0.2, 0) is 0 Å². The molecule has 1 saturated heterocycles. The Morgan fingerprint density at radius 1 is 1.10 bits per heavy atom. The fraction of sp³-hybridized carbons (Fsp3) is 0.478. The number of rotatable bonds is 9. The monoisotopic (exact) mass is 411 g/mol. The third kappa shape index (κ3) is 6.10. The quantitative estimate of drug-likeness (QED) is 0.336. The Labute approximate surface area is 178 Å². The van der Waals surface area contributed by atoms with Crippen molar-refractivity contribution < 1.29 is 9.21 Å². The second-order valence-corrected chi connectivity index (χ2v) is 7.59. The first-order valence-corrected chi connectivity index (χ1v) is 10.7. The van der Waals surface area contributed by atoms with Crippen molar-refractivity contribution in [3.63, 3.8) is 0 Å². The van der Waals surface area contributed by atoms with Crippen LogP contribution in [0.2, 0.25) is 0 Å². The van der Waals surface area contributed by atoms with Crippen LogP contribution in [0.3, 0.4) is 0 Å². The summed E-state index contributed by atoms with van der Waals surface area (Å²) >= 11 is 0. The van der Waals surface area contributed by atoms with Crippen molar-refractivity contribution in [3.05, 3.63) is 59.5 Å². The molecule has 1 aromatic carbocycles. The van der Waals surface area contributed by atoms with Crippen molar-refractivity contribution in [3.8, 4) is 0 Å². The lowest BCUT2D eigenvalue weighted by molar-refractivity contribution is 0.0925. The number of hydrogen-bond acceptors (Lipinski definition) is 4. The van der Waals surface area contributed by atoms with Gasteiger partial charge in [0.05, 0.1) is 12.3 Å². The fourth-order valence-electron chi connectivity index (χ4n) is 3.78. The van der Waals surface area contributed by atoms with Crippen LogP contribution in [0, 0.1) is 6.92 Å². The highest BCUT2D eigenvalue weighted by molar-refractivity contribution is 5.92. The first-order valence-electron chi connectivity index (χ1n) is 10.7. The molecule has 0 saturated carbocycles. The van der Waals surface area contributed by atoms with Gasteiger partial charge >= 0.3 is 0 Å². The molecule has 2 aromatic rings. The number of benzene rings is 1. The van der Waals surface area contributed by atoms with Gasteiger partial charge in [-0.1, -0.05) is 30.3 Å². The van der Waals surface area contributed by atoms with Crippen LogP contribution in [0.1, 0.15) is 47.0 Å². The number of carbonyl (C=O) groups excluding carboxylic acids is 1. The number of guanidine groups is 1. The molecule has 0 spiro atoms. The van der Waals surface area contributed by atoms with Crippen LogP contribution in [0.4, 0.5) is 0 Å². The molecule has 1 aliphatic rings. The highest BCUT2D eigenvalue weighted by Crippen LogP contribution is 2.24. The molecule has 162 valence electrons. The van der Waals surface area contributed by atoms with E-state index >= 15 is 0 Å². The molecule has 3 rings (SSSR count). The van der Waals surface area contributed by atoms with Gasteiger partial charge in [-0.05, 0) is 50.9 Å². The number of aliphatic imine (C=N–C) groups is 1. The smallest absolute Gasteiger partial charge is 0.287 e. The van der Waals surface area contributed by atoms with Gasteiger partial charge in [-0.25, -0.2) is 0 Å². The predicted molar refractivity (Wildman–Crippen MR) is 120 cm³/mol. The lowest BCUT2D eigenvalue weighted by Crippen LogP contribution is -2.43. The number of likely N-dealkylation sites (tertiary alicyclic amines) is 1. The van der Waals surface area contributed by atoms with E-state index in [1.165, 1.54) is 24.7 Å². The molecule has 1 atom stereocenters. The summed E-state index contributed by atoms with van der Waals surface area (Å²) in [5.41, 5.74) is 2.18. The Balaban J connectivity index is 1.41. The molecule has 0 aliphatic carbocycles. The summed E-state index contributed by atoms with van der Waals surface area (Å²) in [5.74, 6) is 0.994. The summed E-state index contributed by atoms with van der Waals surface area (Å²) in [6, 6.07) is 12.8. The minimum atomic E-state index is -0.170. The van der Waals surface area contributed by atoms with Gasteiger partial charge in [-0.2, -0.15) is 0 Å². The van der Waals surface area contributed by atoms with E-state index in [0.717, 1.165) is 44.1 Å². The summed E-state index contributed by atoms with van der Waals surface area (Å²) in [6.45, 7) is 6.24. The van der Waals surface area contributed by atoms with E-state index in [2.05, 4.69) is 56.2 Å². The lowest BCUT2D eigenvalue weighted by atomic mass is 10.1. The third-order valence-electron chi connectivity index (χ3n) is 5.45. The molecule has 7 nitrogen and oxygen atoms in total. The number of aryl methyl sites for hydroxylation is 1. The molecule has 1 aliphatic heterocycles. The highest BCUT2D eigenvalue weighted by atomic mass is 16.3. The molecule has 7 heteroatoms. The molecule has 1 aromatic heterocycles. The molecule has 0 bridgehead atoms. The SMILES string of the molecule is CN=C(NCCCNC(=O)c1occc1C)NCC(c1ccccc1)N1CCCC1. The standard InChI is InChI=1S/C23H33N5O2/c1-18-11-16-30-21(18)22(29)25-12-8-13-26-23(24-2)27-17-20(28-14-6-7-15-28)19-9-4-3-5-10-19/h3-5,9-11,16,20H,6-8,12-15,17H2,1-2H3,(H,25,29)(H2,24,26,27). The molecule has 3 N–H and O–H groups in total. The van der Waals surface area contributed by atoms with Gasteiger partial charge in [-0.3, -0.25) is 14.7 Å². The van der Waals surface area contributed by atoms with E-state index in [9.17, 15) is 4.79 Å². The van der Waals surface area contributed by atoms with Gasteiger partial charge in [0.15, 0.2) is 11.7 Å². The van der Waals surface area contributed by atoms with Crippen LogP contribution in [0.15, 0.2) is 52.1 Å². The summed E-state index contributed by atoms with van der Waals surface area (Å²) < 4.78 is 5.21. The average Bonchev–Trinajstić information content (AvgIpc) is 3.45. The van der Waals surface area contributed by atoms with Crippen LogP contribution >= 0.6 is 0 Å². The Kier molecular flexibility index (Phi) is 8.32. The van der Waals surface area contributed by atoms with Gasteiger partial charge < -0.3 is 20.4 Å². The zero-order valence-electron chi connectivity index (χ0n) is 18.0. The zero-order valence-corrected chi connectivity index (χ0v) is 18.0. The maximum atomic E-state index is 12.1. The molecule has 1 unspecified atom stereocenters. The van der Waals surface area contributed by atoms with E-state index in [1.54, 1.807) is 13.1 Å². The molecule has 1 amide bonds. The van der Waals surface area contributed by atoms with Crippen LogP contribution in [0.25, 0.3) is 0 Å². The van der Waals surface area contributed by atoms with Gasteiger partial charge in [0, 0.05) is 32.2 Å². The fourth-order valence-corrected chi connectivity index (χ4v) is 3.78. The Hall–Kier alpha value is -2.80. The summed E-state index contributed by atoms with van der Waals surface area (Å²) in [5, 5.41) is 9.69. The molecular formula is C23H33N5O2. The van der Waals surface area contributed by atoms with E-state index in [0.29, 0.717) is 18.3 Å². The topological polar surface area (TPSA) is 81.9 Å². The number of carbonyl (C=O) groups is 1. The van der Waals surface area contributed by atoms with Gasteiger partial charge in [0.25, 0.3) is 5.91 Å². The minimum absolute atomic E-state index is 0.170.